The molecule has 0 bridgehead atoms. The summed E-state index contributed by atoms with van der Waals surface area (Å²) in [7, 11) is 2.23. The minimum absolute atomic E-state index is 0.323. The van der Waals surface area contributed by atoms with E-state index in [1.807, 2.05) is 0 Å². The first-order valence-electron chi connectivity index (χ1n) is 8.37. The second-order valence-electron chi connectivity index (χ2n) is 7.75. The van der Waals surface area contributed by atoms with Crippen LogP contribution >= 0.6 is 0 Å². The van der Waals surface area contributed by atoms with Crippen LogP contribution in [0.3, 0.4) is 0 Å². The fourth-order valence-electron chi connectivity index (χ4n) is 2.61. The molecule has 1 saturated carbocycles. The Hall–Kier alpha value is -0.860. The zero-order valence-electron chi connectivity index (χ0n) is 14.4. The SMILES string of the molecule is CC(N(C)Cc1ccc(CCNC2CC2)cc1)C(C)(C)C. The molecule has 0 radical (unpaired) electrons. The first-order chi connectivity index (χ1) is 9.86. The van der Waals surface area contributed by atoms with Gasteiger partial charge in [-0.25, -0.2) is 0 Å². The van der Waals surface area contributed by atoms with Crippen LogP contribution in [-0.2, 0) is 13.0 Å². The molecule has 0 saturated heterocycles. The number of hydrogen-bond donors (Lipinski definition) is 1. The third kappa shape index (κ3) is 5.44. The van der Waals surface area contributed by atoms with E-state index in [-0.39, 0.29) is 0 Å². The molecule has 1 aliphatic rings. The van der Waals surface area contributed by atoms with Crippen LogP contribution in [0, 0.1) is 5.41 Å². The Kier molecular flexibility index (Phi) is 5.45. The average molecular weight is 288 g/mol. The Labute approximate surface area is 130 Å². The Morgan fingerprint density at radius 2 is 1.71 bits per heavy atom. The third-order valence-corrected chi connectivity index (χ3v) is 4.79. The molecule has 1 N–H and O–H groups in total. The topological polar surface area (TPSA) is 15.3 Å². The molecular weight excluding hydrogens is 256 g/mol. The Morgan fingerprint density at radius 3 is 2.24 bits per heavy atom. The number of hydrogen-bond acceptors (Lipinski definition) is 2. The van der Waals surface area contributed by atoms with Crippen LogP contribution in [0.15, 0.2) is 24.3 Å². The van der Waals surface area contributed by atoms with Gasteiger partial charge in [0.2, 0.25) is 0 Å². The van der Waals surface area contributed by atoms with E-state index in [9.17, 15) is 0 Å². The monoisotopic (exact) mass is 288 g/mol. The molecule has 1 unspecified atom stereocenters. The Balaban J connectivity index is 1.80. The van der Waals surface area contributed by atoms with Crippen molar-refractivity contribution < 1.29 is 0 Å². The Morgan fingerprint density at radius 1 is 1.14 bits per heavy atom. The van der Waals surface area contributed by atoms with Gasteiger partial charge in [-0.05, 0) is 56.3 Å². The van der Waals surface area contributed by atoms with Crippen molar-refractivity contribution in [1.29, 1.82) is 0 Å². The number of nitrogens with zero attached hydrogens (tertiary/aromatic N) is 1. The first kappa shape index (κ1) is 16.5. The predicted octanol–water partition coefficient (Wildman–Crippen LogP) is 3.85. The van der Waals surface area contributed by atoms with Crippen LogP contribution in [0.1, 0.15) is 51.7 Å². The van der Waals surface area contributed by atoms with Gasteiger partial charge in [0.05, 0.1) is 0 Å². The number of rotatable bonds is 7. The lowest BCUT2D eigenvalue weighted by molar-refractivity contribution is 0.134. The van der Waals surface area contributed by atoms with Crippen molar-refractivity contribution in [3.8, 4) is 0 Å². The quantitative estimate of drug-likeness (QED) is 0.820. The maximum absolute atomic E-state index is 3.58. The molecule has 2 heteroatoms. The standard InChI is InChI=1S/C19H32N2/c1-15(19(2,3)4)21(5)14-17-8-6-16(7-9-17)12-13-20-18-10-11-18/h6-9,15,18,20H,10-14H2,1-5H3. The third-order valence-electron chi connectivity index (χ3n) is 4.79. The summed E-state index contributed by atoms with van der Waals surface area (Å²) in [6.07, 6.45) is 3.89. The van der Waals surface area contributed by atoms with Gasteiger partial charge in [0.15, 0.2) is 0 Å². The van der Waals surface area contributed by atoms with Gasteiger partial charge < -0.3 is 5.32 Å². The van der Waals surface area contributed by atoms with Crippen molar-refractivity contribution in [3.05, 3.63) is 35.4 Å². The zero-order valence-corrected chi connectivity index (χ0v) is 14.4. The molecule has 1 aromatic carbocycles. The predicted molar refractivity (Wildman–Crippen MR) is 91.6 cm³/mol. The lowest BCUT2D eigenvalue weighted by atomic mass is 9.87. The molecule has 2 nitrogen and oxygen atoms in total. The molecule has 0 heterocycles. The normalized spacial score (nSPS) is 17.2. The van der Waals surface area contributed by atoms with Crippen molar-refractivity contribution in [2.45, 2.75) is 65.6 Å². The highest BCUT2D eigenvalue weighted by molar-refractivity contribution is 5.23. The van der Waals surface area contributed by atoms with Gasteiger partial charge >= 0.3 is 0 Å². The summed E-state index contributed by atoms with van der Waals surface area (Å²) in [6, 6.07) is 10.5. The van der Waals surface area contributed by atoms with E-state index < -0.39 is 0 Å². The molecular formula is C19H32N2. The van der Waals surface area contributed by atoms with Gasteiger partial charge in [-0.15, -0.1) is 0 Å². The van der Waals surface area contributed by atoms with Crippen molar-refractivity contribution in [1.82, 2.24) is 10.2 Å². The second-order valence-corrected chi connectivity index (χ2v) is 7.75. The summed E-state index contributed by atoms with van der Waals surface area (Å²) in [5, 5.41) is 3.58. The molecule has 0 aromatic heterocycles. The summed E-state index contributed by atoms with van der Waals surface area (Å²) < 4.78 is 0. The summed E-state index contributed by atoms with van der Waals surface area (Å²) in [5.74, 6) is 0. The van der Waals surface area contributed by atoms with E-state index in [4.69, 9.17) is 0 Å². The molecule has 1 atom stereocenters. The summed E-state index contributed by atoms with van der Waals surface area (Å²) in [4.78, 5) is 2.45. The van der Waals surface area contributed by atoms with E-state index >= 15 is 0 Å². The average Bonchev–Trinajstić information content (AvgIpc) is 3.23. The van der Waals surface area contributed by atoms with Crippen molar-refractivity contribution >= 4 is 0 Å². The highest BCUT2D eigenvalue weighted by atomic mass is 15.1. The minimum atomic E-state index is 0.323. The zero-order chi connectivity index (χ0) is 15.5. The fraction of sp³-hybridized carbons (Fsp3) is 0.684. The molecule has 0 spiro atoms. The van der Waals surface area contributed by atoms with Gasteiger partial charge in [-0.3, -0.25) is 4.90 Å². The van der Waals surface area contributed by atoms with Gasteiger partial charge in [0.1, 0.15) is 0 Å². The first-order valence-corrected chi connectivity index (χ1v) is 8.37. The molecule has 2 rings (SSSR count). The lowest BCUT2D eigenvalue weighted by Gasteiger charge is -2.35. The maximum Gasteiger partial charge on any atom is 0.0233 e. The molecule has 1 aromatic rings. The Bertz CT molecular complexity index is 426. The summed E-state index contributed by atoms with van der Waals surface area (Å²) >= 11 is 0. The van der Waals surface area contributed by atoms with Gasteiger partial charge in [0.25, 0.3) is 0 Å². The molecule has 21 heavy (non-hydrogen) atoms. The highest BCUT2D eigenvalue weighted by Gasteiger charge is 2.23. The van der Waals surface area contributed by atoms with E-state index in [2.05, 4.69) is 69.2 Å². The van der Waals surface area contributed by atoms with Gasteiger partial charge in [-0.1, -0.05) is 45.0 Å². The summed E-state index contributed by atoms with van der Waals surface area (Å²) in [5.41, 5.74) is 3.18. The van der Waals surface area contributed by atoms with Crippen LogP contribution in [0.25, 0.3) is 0 Å². The summed E-state index contributed by atoms with van der Waals surface area (Å²) in [6.45, 7) is 11.4. The van der Waals surface area contributed by atoms with Crippen molar-refractivity contribution in [2.24, 2.45) is 5.41 Å². The number of nitrogens with one attached hydrogen (secondary N) is 1. The van der Waals surface area contributed by atoms with Crippen LogP contribution in [0.4, 0.5) is 0 Å². The lowest BCUT2D eigenvalue weighted by Crippen LogP contribution is -2.38. The molecule has 0 aliphatic heterocycles. The smallest absolute Gasteiger partial charge is 0.0233 e. The van der Waals surface area contributed by atoms with Gasteiger partial charge in [-0.2, -0.15) is 0 Å². The molecule has 1 aliphatic carbocycles. The van der Waals surface area contributed by atoms with Crippen LogP contribution in [-0.4, -0.2) is 30.6 Å². The largest absolute Gasteiger partial charge is 0.314 e. The van der Waals surface area contributed by atoms with Crippen LogP contribution < -0.4 is 5.32 Å². The van der Waals surface area contributed by atoms with E-state index in [1.54, 1.807) is 0 Å². The van der Waals surface area contributed by atoms with Gasteiger partial charge in [0, 0.05) is 18.6 Å². The molecule has 0 amide bonds. The maximum atomic E-state index is 3.58. The highest BCUT2D eigenvalue weighted by Crippen LogP contribution is 2.24. The van der Waals surface area contributed by atoms with E-state index in [0.717, 1.165) is 25.6 Å². The molecule has 1 fully saturated rings. The van der Waals surface area contributed by atoms with E-state index in [1.165, 1.54) is 24.0 Å². The number of benzene rings is 1. The van der Waals surface area contributed by atoms with E-state index in [0.29, 0.717) is 11.5 Å². The van der Waals surface area contributed by atoms with Crippen molar-refractivity contribution in [3.63, 3.8) is 0 Å². The van der Waals surface area contributed by atoms with Crippen LogP contribution in [0.5, 0.6) is 0 Å². The minimum Gasteiger partial charge on any atom is -0.314 e. The van der Waals surface area contributed by atoms with Crippen LogP contribution in [0.2, 0.25) is 0 Å². The fourth-order valence-corrected chi connectivity index (χ4v) is 2.61. The molecule has 118 valence electrons. The second kappa shape index (κ2) is 6.93. The van der Waals surface area contributed by atoms with Crippen molar-refractivity contribution in [2.75, 3.05) is 13.6 Å².